The maximum atomic E-state index is 13.2. The molecule has 0 amide bonds. The minimum atomic E-state index is -0.479. The molecule has 1 N–H and O–H groups in total. The largest absolute Gasteiger partial charge is 0.490 e. The lowest BCUT2D eigenvalue weighted by atomic mass is 9.81. The van der Waals surface area contributed by atoms with Crippen LogP contribution in [0.4, 0.5) is 4.39 Å². The molecule has 1 aromatic rings. The van der Waals surface area contributed by atoms with Crippen LogP contribution in [-0.2, 0) is 0 Å². The van der Waals surface area contributed by atoms with Gasteiger partial charge in [-0.2, -0.15) is 5.26 Å². The van der Waals surface area contributed by atoms with Gasteiger partial charge in [-0.25, -0.2) is 4.39 Å². The van der Waals surface area contributed by atoms with Crippen molar-refractivity contribution in [2.75, 3.05) is 6.54 Å². The third-order valence-electron chi connectivity index (χ3n) is 3.87. The first-order valence-corrected chi connectivity index (χ1v) is 7.17. The third kappa shape index (κ3) is 3.29. The third-order valence-corrected chi connectivity index (χ3v) is 3.87. The van der Waals surface area contributed by atoms with Gasteiger partial charge in [-0.3, -0.25) is 5.32 Å². The first-order chi connectivity index (χ1) is 9.58. The lowest BCUT2D eigenvalue weighted by molar-refractivity contribution is 0.113. The Balaban J connectivity index is 2.06. The molecule has 0 aromatic heterocycles. The smallest absolute Gasteiger partial charge is 0.126 e. The molecule has 0 aliphatic heterocycles. The maximum Gasteiger partial charge on any atom is 0.126 e. The first-order valence-electron chi connectivity index (χ1n) is 7.17. The Morgan fingerprint density at radius 1 is 1.55 bits per heavy atom. The van der Waals surface area contributed by atoms with Crippen molar-refractivity contribution in [1.82, 2.24) is 5.32 Å². The van der Waals surface area contributed by atoms with Crippen LogP contribution < -0.4 is 10.1 Å². The molecular formula is C16H21FN2O. The summed E-state index contributed by atoms with van der Waals surface area (Å²) in [6, 6.07) is 7.19. The minimum absolute atomic E-state index is 0.00677. The molecule has 0 bridgehead atoms. The van der Waals surface area contributed by atoms with E-state index in [1.54, 1.807) is 19.1 Å². The monoisotopic (exact) mass is 276 g/mol. The Hall–Kier alpha value is -1.60. The van der Waals surface area contributed by atoms with E-state index in [0.29, 0.717) is 17.7 Å². The molecule has 1 saturated carbocycles. The standard InChI is InChI=1S/C16H21FN2O/c1-3-19-16(11-18)8-4-5-14(10-16)20-13-6-7-15(17)12(2)9-13/h6-7,9,14,19H,3-5,8,10H2,1-2H3. The van der Waals surface area contributed by atoms with Crippen molar-refractivity contribution in [2.24, 2.45) is 0 Å². The van der Waals surface area contributed by atoms with Gasteiger partial charge in [0.05, 0.1) is 6.07 Å². The molecule has 4 heteroatoms. The van der Waals surface area contributed by atoms with Gasteiger partial charge in [-0.05, 0) is 56.5 Å². The summed E-state index contributed by atoms with van der Waals surface area (Å²) in [6.07, 6.45) is 3.44. The van der Waals surface area contributed by atoms with Crippen LogP contribution in [0.5, 0.6) is 5.75 Å². The second kappa shape index (κ2) is 6.23. The summed E-state index contributed by atoms with van der Waals surface area (Å²) >= 11 is 0. The minimum Gasteiger partial charge on any atom is -0.490 e. The fraction of sp³-hybridized carbons (Fsp3) is 0.562. The SMILES string of the molecule is CCNC1(C#N)CCCC(Oc2ccc(F)c(C)c2)C1. The second-order valence-corrected chi connectivity index (χ2v) is 5.47. The van der Waals surface area contributed by atoms with Crippen LogP contribution in [-0.4, -0.2) is 18.2 Å². The van der Waals surface area contributed by atoms with Crippen LogP contribution in [0.15, 0.2) is 18.2 Å². The number of rotatable bonds is 4. The number of benzene rings is 1. The fourth-order valence-electron chi connectivity index (χ4n) is 2.85. The van der Waals surface area contributed by atoms with E-state index in [1.807, 2.05) is 6.92 Å². The average molecular weight is 276 g/mol. The van der Waals surface area contributed by atoms with Gasteiger partial charge in [-0.15, -0.1) is 0 Å². The van der Waals surface area contributed by atoms with Crippen LogP contribution in [0.25, 0.3) is 0 Å². The number of halogens is 1. The number of aryl methyl sites for hydroxylation is 1. The number of nitriles is 1. The van der Waals surface area contributed by atoms with Crippen molar-refractivity contribution >= 4 is 0 Å². The molecule has 1 aromatic carbocycles. The van der Waals surface area contributed by atoms with Crippen molar-refractivity contribution in [2.45, 2.75) is 51.2 Å². The molecule has 0 heterocycles. The molecule has 2 rings (SSSR count). The summed E-state index contributed by atoms with van der Waals surface area (Å²) in [7, 11) is 0. The Labute approximate surface area is 119 Å². The molecule has 0 spiro atoms. The van der Waals surface area contributed by atoms with Crippen molar-refractivity contribution in [3.63, 3.8) is 0 Å². The van der Waals surface area contributed by atoms with Crippen molar-refractivity contribution in [1.29, 1.82) is 5.26 Å². The zero-order valence-corrected chi connectivity index (χ0v) is 12.1. The molecule has 20 heavy (non-hydrogen) atoms. The topological polar surface area (TPSA) is 45.0 Å². The number of hydrogen-bond acceptors (Lipinski definition) is 3. The molecule has 0 radical (unpaired) electrons. The highest BCUT2D eigenvalue weighted by Crippen LogP contribution is 2.31. The predicted molar refractivity (Wildman–Crippen MR) is 76.0 cm³/mol. The zero-order valence-electron chi connectivity index (χ0n) is 12.1. The van der Waals surface area contributed by atoms with Crippen LogP contribution in [0.1, 0.15) is 38.2 Å². The van der Waals surface area contributed by atoms with E-state index in [0.717, 1.165) is 25.8 Å². The van der Waals surface area contributed by atoms with Gasteiger partial charge < -0.3 is 4.74 Å². The Morgan fingerprint density at radius 2 is 2.35 bits per heavy atom. The summed E-state index contributed by atoms with van der Waals surface area (Å²) in [5, 5.41) is 12.7. The quantitative estimate of drug-likeness (QED) is 0.917. The highest BCUT2D eigenvalue weighted by atomic mass is 19.1. The molecule has 1 aliphatic rings. The van der Waals surface area contributed by atoms with Gasteiger partial charge in [0.1, 0.15) is 23.2 Å². The van der Waals surface area contributed by atoms with Crippen molar-refractivity contribution in [3.05, 3.63) is 29.6 Å². The lowest BCUT2D eigenvalue weighted by Crippen LogP contribution is -2.49. The molecule has 2 atom stereocenters. The summed E-state index contributed by atoms with van der Waals surface area (Å²) in [4.78, 5) is 0. The highest BCUT2D eigenvalue weighted by Gasteiger charge is 2.36. The van der Waals surface area contributed by atoms with E-state index in [9.17, 15) is 9.65 Å². The fourth-order valence-corrected chi connectivity index (χ4v) is 2.85. The van der Waals surface area contributed by atoms with Crippen LogP contribution in [0.2, 0.25) is 0 Å². The van der Waals surface area contributed by atoms with E-state index in [2.05, 4.69) is 11.4 Å². The van der Waals surface area contributed by atoms with Crippen LogP contribution >= 0.6 is 0 Å². The van der Waals surface area contributed by atoms with Gasteiger partial charge in [0.2, 0.25) is 0 Å². The number of nitrogens with one attached hydrogen (secondary N) is 1. The van der Waals surface area contributed by atoms with E-state index < -0.39 is 5.54 Å². The van der Waals surface area contributed by atoms with Crippen LogP contribution in [0.3, 0.4) is 0 Å². The summed E-state index contributed by atoms with van der Waals surface area (Å²) in [6.45, 7) is 4.50. The highest BCUT2D eigenvalue weighted by molar-refractivity contribution is 5.29. The van der Waals surface area contributed by atoms with E-state index in [1.165, 1.54) is 6.07 Å². The molecule has 3 nitrogen and oxygen atoms in total. The lowest BCUT2D eigenvalue weighted by Gasteiger charge is -2.36. The number of ether oxygens (including phenoxy) is 1. The Morgan fingerprint density at radius 3 is 3.00 bits per heavy atom. The molecule has 0 saturated heterocycles. The molecule has 2 unspecified atom stereocenters. The van der Waals surface area contributed by atoms with Crippen LogP contribution in [0, 0.1) is 24.1 Å². The van der Waals surface area contributed by atoms with Gasteiger partial charge in [0.15, 0.2) is 0 Å². The Kier molecular flexibility index (Phi) is 4.61. The average Bonchev–Trinajstić information content (AvgIpc) is 2.44. The van der Waals surface area contributed by atoms with Gasteiger partial charge in [-0.1, -0.05) is 6.92 Å². The first kappa shape index (κ1) is 14.8. The zero-order chi connectivity index (χ0) is 14.6. The molecule has 1 aliphatic carbocycles. The predicted octanol–water partition coefficient (Wildman–Crippen LogP) is 3.33. The molecule has 108 valence electrons. The second-order valence-electron chi connectivity index (χ2n) is 5.47. The molecular weight excluding hydrogens is 255 g/mol. The van der Waals surface area contributed by atoms with Gasteiger partial charge in [0, 0.05) is 6.42 Å². The van der Waals surface area contributed by atoms with Crippen molar-refractivity contribution in [3.8, 4) is 11.8 Å². The van der Waals surface area contributed by atoms with E-state index in [-0.39, 0.29) is 11.9 Å². The van der Waals surface area contributed by atoms with Gasteiger partial charge >= 0.3 is 0 Å². The maximum absolute atomic E-state index is 13.2. The number of hydrogen-bond donors (Lipinski definition) is 1. The summed E-state index contributed by atoms with van der Waals surface area (Å²) < 4.78 is 19.2. The van der Waals surface area contributed by atoms with E-state index in [4.69, 9.17) is 4.74 Å². The molecule has 1 fully saturated rings. The van der Waals surface area contributed by atoms with Crippen molar-refractivity contribution < 1.29 is 9.13 Å². The summed E-state index contributed by atoms with van der Waals surface area (Å²) in [5.41, 5.74) is 0.101. The summed E-state index contributed by atoms with van der Waals surface area (Å²) in [5.74, 6) is 0.458. The Bertz CT molecular complexity index is 508. The number of nitrogens with zero attached hydrogens (tertiary/aromatic N) is 1. The normalized spacial score (nSPS) is 26.0. The van der Waals surface area contributed by atoms with E-state index >= 15 is 0 Å². The van der Waals surface area contributed by atoms with Gasteiger partial charge in [0.25, 0.3) is 0 Å².